The van der Waals surface area contributed by atoms with Crippen LogP contribution in [-0.2, 0) is 0 Å². The van der Waals surface area contributed by atoms with Crippen molar-refractivity contribution in [2.75, 3.05) is 0 Å². The first-order valence-corrected chi connectivity index (χ1v) is 12.8. The maximum Gasteiger partial charge on any atom is 1.00 e. The Labute approximate surface area is 228 Å². The summed E-state index contributed by atoms with van der Waals surface area (Å²) in [6.07, 6.45) is 1.81. The van der Waals surface area contributed by atoms with E-state index in [9.17, 15) is 5.11 Å². The Kier molecular flexibility index (Phi) is 4.99. The van der Waals surface area contributed by atoms with Crippen molar-refractivity contribution in [3.05, 3.63) is 103 Å². The number of hydrogen-bond acceptors (Lipinski definition) is 3. The van der Waals surface area contributed by atoms with E-state index in [1.165, 1.54) is 31.6 Å². The SMILES string of the molecule is [Li+].[O-]c1c(-c2ccc3ccc4c(-c5nc6ccccc6s5)ccc5ccc2c3c54)ccc2ccc[nH+]c12. The third-order valence-electron chi connectivity index (χ3n) is 7.27. The molecule has 0 fully saturated rings. The van der Waals surface area contributed by atoms with Crippen molar-refractivity contribution < 1.29 is 29.0 Å². The maximum absolute atomic E-state index is 13.5. The Hall–Kier alpha value is -3.94. The molecular weight excluding hydrogens is 467 g/mol. The molecule has 8 aromatic rings. The molecule has 0 aliphatic carbocycles. The number of pyridine rings is 1. The zero-order valence-corrected chi connectivity index (χ0v) is 20.9. The van der Waals surface area contributed by atoms with E-state index in [2.05, 4.69) is 71.7 Å². The molecule has 8 rings (SSSR count). The van der Waals surface area contributed by atoms with Crippen LogP contribution in [0.15, 0.2) is 103 Å². The maximum atomic E-state index is 13.5. The van der Waals surface area contributed by atoms with E-state index >= 15 is 0 Å². The van der Waals surface area contributed by atoms with Crippen LogP contribution in [0.4, 0.5) is 0 Å². The summed E-state index contributed by atoms with van der Waals surface area (Å²) in [4.78, 5) is 8.09. The van der Waals surface area contributed by atoms with Gasteiger partial charge in [-0.1, -0.05) is 66.7 Å². The molecule has 0 radical (unpaired) electrons. The Balaban J connectivity index is 0.00000231. The molecule has 0 amide bonds. The van der Waals surface area contributed by atoms with Gasteiger partial charge in [0.1, 0.15) is 5.01 Å². The van der Waals surface area contributed by atoms with Gasteiger partial charge < -0.3 is 5.11 Å². The first-order chi connectivity index (χ1) is 17.8. The second-order valence-corrected chi connectivity index (χ2v) is 10.2. The molecule has 5 heteroatoms. The molecular formula is C32H18LiN2OS+. The summed E-state index contributed by atoms with van der Waals surface area (Å²) in [5.74, 6) is 0.0262. The van der Waals surface area contributed by atoms with Crippen molar-refractivity contribution in [1.29, 1.82) is 0 Å². The monoisotopic (exact) mass is 485 g/mol. The molecule has 0 atom stereocenters. The third kappa shape index (κ3) is 3.21. The van der Waals surface area contributed by atoms with Crippen LogP contribution < -0.4 is 29.0 Å². The number of aromatic nitrogens is 2. The van der Waals surface area contributed by atoms with Gasteiger partial charge in [-0.3, -0.25) is 0 Å². The van der Waals surface area contributed by atoms with Gasteiger partial charge in [-0.05, 0) is 73.5 Å². The number of H-pyrrole nitrogens is 1. The molecule has 0 saturated carbocycles. The van der Waals surface area contributed by atoms with Crippen LogP contribution in [0.3, 0.4) is 0 Å². The van der Waals surface area contributed by atoms with Crippen molar-refractivity contribution >= 4 is 64.8 Å². The van der Waals surface area contributed by atoms with Crippen molar-refractivity contribution in [2.24, 2.45) is 0 Å². The number of benzene rings is 6. The molecule has 3 nitrogen and oxygen atoms in total. The van der Waals surface area contributed by atoms with Crippen molar-refractivity contribution in [2.45, 2.75) is 0 Å². The van der Waals surface area contributed by atoms with Crippen molar-refractivity contribution in [3.8, 4) is 27.4 Å². The predicted molar refractivity (Wildman–Crippen MR) is 148 cm³/mol. The summed E-state index contributed by atoms with van der Waals surface area (Å²) in [5, 5.41) is 22.5. The molecule has 0 spiro atoms. The first kappa shape index (κ1) is 22.3. The molecule has 0 aliphatic heterocycles. The van der Waals surface area contributed by atoms with Gasteiger partial charge in [0.05, 0.1) is 10.2 Å². The Morgan fingerprint density at radius 2 is 1.27 bits per heavy atom. The van der Waals surface area contributed by atoms with Gasteiger partial charge in [0.2, 0.25) is 5.52 Å². The standard InChI is InChI=1S/C32H18N2OS.Li/c35-31-24(15-11-20-4-3-17-33-30(20)31)21-12-7-18-9-14-23-25(32-34-26-5-1-2-6-27(26)36-32)16-10-19-8-13-22(21)28(18)29(19)23;/h1-17,35H;/q;+1. The zero-order valence-electron chi connectivity index (χ0n) is 20.1. The van der Waals surface area contributed by atoms with Gasteiger partial charge >= 0.3 is 18.9 Å². The fourth-order valence-electron chi connectivity index (χ4n) is 5.59. The number of para-hydroxylation sites is 1. The van der Waals surface area contributed by atoms with Crippen LogP contribution >= 0.6 is 11.3 Å². The summed E-state index contributed by atoms with van der Waals surface area (Å²) >= 11 is 1.73. The fourth-order valence-corrected chi connectivity index (χ4v) is 6.60. The van der Waals surface area contributed by atoms with Gasteiger partial charge in [0.25, 0.3) is 0 Å². The topological polar surface area (TPSA) is 50.1 Å². The molecule has 2 heterocycles. The minimum absolute atomic E-state index is 0. The normalized spacial score (nSPS) is 11.7. The number of hydrogen-bond donors (Lipinski definition) is 0. The molecule has 0 saturated heterocycles. The van der Waals surface area contributed by atoms with E-state index in [1.807, 2.05) is 30.3 Å². The van der Waals surface area contributed by atoms with Crippen LogP contribution in [0.5, 0.6) is 5.75 Å². The predicted octanol–water partition coefficient (Wildman–Crippen LogP) is 4.57. The molecule has 1 N–H and O–H groups in total. The summed E-state index contributed by atoms with van der Waals surface area (Å²) in [6, 6.07) is 33.5. The molecule has 0 aliphatic rings. The Morgan fingerprint density at radius 3 is 2.05 bits per heavy atom. The molecule has 168 valence electrons. The van der Waals surface area contributed by atoms with E-state index in [-0.39, 0.29) is 24.6 Å². The van der Waals surface area contributed by atoms with Gasteiger partial charge in [-0.25, -0.2) is 9.97 Å². The van der Waals surface area contributed by atoms with Crippen LogP contribution in [0.25, 0.3) is 75.1 Å². The van der Waals surface area contributed by atoms with Crippen LogP contribution in [-0.4, -0.2) is 4.98 Å². The Bertz CT molecular complexity index is 2100. The van der Waals surface area contributed by atoms with Crippen molar-refractivity contribution in [3.63, 3.8) is 0 Å². The smallest absolute Gasteiger partial charge is 0.868 e. The number of thiazole rings is 1. The largest absolute Gasteiger partial charge is 1.00 e. The van der Waals surface area contributed by atoms with Crippen LogP contribution in [0, 0.1) is 0 Å². The van der Waals surface area contributed by atoms with Gasteiger partial charge in [0.15, 0.2) is 6.20 Å². The number of aromatic amines is 1. The minimum Gasteiger partial charge on any atom is -0.868 e. The van der Waals surface area contributed by atoms with Gasteiger partial charge in [-0.15, -0.1) is 11.3 Å². The van der Waals surface area contributed by atoms with E-state index in [0.29, 0.717) is 11.1 Å². The molecule has 2 aromatic heterocycles. The van der Waals surface area contributed by atoms with Gasteiger partial charge in [-0.2, -0.15) is 0 Å². The van der Waals surface area contributed by atoms with E-state index in [0.717, 1.165) is 32.4 Å². The summed E-state index contributed by atoms with van der Waals surface area (Å²) < 4.78 is 1.19. The van der Waals surface area contributed by atoms with E-state index < -0.39 is 0 Å². The molecule has 6 aromatic carbocycles. The van der Waals surface area contributed by atoms with Gasteiger partial charge in [0, 0.05) is 17.0 Å². The quantitative estimate of drug-likeness (QED) is 0.266. The van der Waals surface area contributed by atoms with Crippen molar-refractivity contribution in [1.82, 2.24) is 4.98 Å². The summed E-state index contributed by atoms with van der Waals surface area (Å²) in [5.41, 5.74) is 4.49. The summed E-state index contributed by atoms with van der Waals surface area (Å²) in [7, 11) is 0. The van der Waals surface area contributed by atoms with Crippen LogP contribution in [0.1, 0.15) is 0 Å². The fraction of sp³-hybridized carbons (Fsp3) is 0. The third-order valence-corrected chi connectivity index (χ3v) is 8.34. The zero-order chi connectivity index (χ0) is 23.8. The second kappa shape index (κ2) is 8.29. The number of rotatable bonds is 2. The number of nitrogens with zero attached hydrogens (tertiary/aromatic N) is 1. The molecule has 37 heavy (non-hydrogen) atoms. The number of nitrogens with one attached hydrogen (secondary N) is 1. The van der Waals surface area contributed by atoms with E-state index in [1.54, 1.807) is 17.5 Å². The first-order valence-electron chi connectivity index (χ1n) is 11.9. The Morgan fingerprint density at radius 1 is 0.622 bits per heavy atom. The van der Waals surface area contributed by atoms with E-state index in [4.69, 9.17) is 4.98 Å². The molecule has 0 bridgehead atoms. The average molecular weight is 486 g/mol. The minimum atomic E-state index is 0. The summed E-state index contributed by atoms with van der Waals surface area (Å²) in [6.45, 7) is 0. The number of fused-ring (bicyclic) bond motifs is 2. The second-order valence-electron chi connectivity index (χ2n) is 9.21. The molecule has 0 unspecified atom stereocenters. The average Bonchev–Trinajstić information content (AvgIpc) is 3.36. The van der Waals surface area contributed by atoms with Crippen LogP contribution in [0.2, 0.25) is 0 Å².